The lowest BCUT2D eigenvalue weighted by atomic mass is 9.86. The van der Waals surface area contributed by atoms with E-state index in [1.165, 1.54) is 5.56 Å². The highest BCUT2D eigenvalue weighted by molar-refractivity contribution is 6.25. The lowest BCUT2D eigenvalue weighted by molar-refractivity contribution is -0.0406. The second kappa shape index (κ2) is 6.27. The van der Waals surface area contributed by atoms with Crippen molar-refractivity contribution in [3.8, 4) is 5.88 Å². The van der Waals surface area contributed by atoms with Crippen LogP contribution in [-0.2, 0) is 17.8 Å². The van der Waals surface area contributed by atoms with Crippen LogP contribution in [0.25, 0.3) is 0 Å². The number of hydrogen-bond donors (Lipinski definition) is 0. The summed E-state index contributed by atoms with van der Waals surface area (Å²) < 4.78 is 12.2. The fourth-order valence-corrected chi connectivity index (χ4v) is 3.64. The molecule has 0 aromatic carbocycles. The zero-order chi connectivity index (χ0) is 18.5. The molecule has 0 N–H and O–H groups in total. The summed E-state index contributed by atoms with van der Waals surface area (Å²) in [5.41, 5.74) is 5.09. The first kappa shape index (κ1) is 17.3. The summed E-state index contributed by atoms with van der Waals surface area (Å²) in [7, 11) is 0. The quantitative estimate of drug-likeness (QED) is 0.836. The van der Waals surface area contributed by atoms with Crippen LogP contribution in [0.5, 0.6) is 5.88 Å². The van der Waals surface area contributed by atoms with Crippen molar-refractivity contribution in [3.63, 3.8) is 0 Å². The maximum Gasteiger partial charge on any atom is 0.224 e. The second-order valence-electron chi connectivity index (χ2n) is 8.24. The van der Waals surface area contributed by atoms with Crippen molar-refractivity contribution >= 4 is 17.9 Å². The van der Waals surface area contributed by atoms with Crippen molar-refractivity contribution in [3.05, 3.63) is 22.4 Å². The van der Waals surface area contributed by atoms with Gasteiger partial charge in [-0.1, -0.05) is 13.8 Å². The Hall–Kier alpha value is -2.08. The molecule has 26 heavy (non-hydrogen) atoms. The number of rotatable bonds is 3. The summed E-state index contributed by atoms with van der Waals surface area (Å²) in [6.45, 7) is 12.0. The molecule has 1 aromatic heterocycles. The van der Waals surface area contributed by atoms with Gasteiger partial charge in [-0.3, -0.25) is 4.99 Å². The molecule has 0 aliphatic carbocycles. The Morgan fingerprint density at radius 2 is 2.12 bits per heavy atom. The molecule has 1 aromatic rings. The van der Waals surface area contributed by atoms with E-state index in [2.05, 4.69) is 47.7 Å². The van der Waals surface area contributed by atoms with E-state index in [9.17, 15) is 0 Å². The van der Waals surface area contributed by atoms with E-state index in [1.807, 2.05) is 6.92 Å². The van der Waals surface area contributed by atoms with Crippen molar-refractivity contribution in [1.29, 1.82) is 0 Å². The van der Waals surface area contributed by atoms with Crippen LogP contribution >= 0.6 is 0 Å². The molecule has 1 atom stereocenters. The van der Waals surface area contributed by atoms with Gasteiger partial charge < -0.3 is 9.47 Å². The summed E-state index contributed by atoms with van der Waals surface area (Å²) in [6, 6.07) is 0. The largest absolute Gasteiger partial charge is 0.459 e. The average Bonchev–Trinajstić information content (AvgIpc) is 2.92. The predicted molar refractivity (Wildman–Crippen MR) is 103 cm³/mol. The summed E-state index contributed by atoms with van der Waals surface area (Å²) >= 11 is 0. The van der Waals surface area contributed by atoms with Gasteiger partial charge in [0.15, 0.2) is 5.84 Å². The molecule has 0 saturated heterocycles. The number of nitrogens with zero attached hydrogens (tertiary/aromatic N) is 4. The molecule has 6 nitrogen and oxygen atoms in total. The molecule has 6 heteroatoms. The third-order valence-corrected chi connectivity index (χ3v) is 5.13. The third kappa shape index (κ3) is 2.96. The molecule has 0 spiro atoms. The van der Waals surface area contributed by atoms with Gasteiger partial charge in [-0.2, -0.15) is 0 Å². The van der Waals surface area contributed by atoms with Gasteiger partial charge in [0.2, 0.25) is 12.0 Å². The molecule has 4 heterocycles. The van der Waals surface area contributed by atoms with Gasteiger partial charge in [0.05, 0.1) is 17.8 Å². The van der Waals surface area contributed by atoms with Gasteiger partial charge in [0.1, 0.15) is 12.1 Å². The van der Waals surface area contributed by atoms with Crippen LogP contribution in [0, 0.1) is 12.8 Å². The Kier molecular flexibility index (Phi) is 4.18. The van der Waals surface area contributed by atoms with Gasteiger partial charge >= 0.3 is 0 Å². The van der Waals surface area contributed by atoms with E-state index in [0.29, 0.717) is 24.2 Å². The van der Waals surface area contributed by atoms with Crippen LogP contribution < -0.4 is 4.74 Å². The van der Waals surface area contributed by atoms with Crippen molar-refractivity contribution < 1.29 is 9.47 Å². The third-order valence-electron chi connectivity index (χ3n) is 5.13. The molecule has 0 bridgehead atoms. The minimum Gasteiger partial charge on any atom is -0.459 e. The van der Waals surface area contributed by atoms with Crippen LogP contribution in [0.4, 0.5) is 0 Å². The lowest BCUT2D eigenvalue weighted by Crippen LogP contribution is -2.35. The number of pyridine rings is 1. The monoisotopic (exact) mass is 354 g/mol. The van der Waals surface area contributed by atoms with E-state index in [4.69, 9.17) is 9.47 Å². The van der Waals surface area contributed by atoms with Crippen molar-refractivity contribution in [2.24, 2.45) is 20.9 Å². The number of amidine groups is 1. The Bertz CT molecular complexity index is 837. The minimum atomic E-state index is -0.341. The first-order valence-corrected chi connectivity index (χ1v) is 9.33. The van der Waals surface area contributed by atoms with Crippen LogP contribution in [0.15, 0.2) is 15.0 Å². The van der Waals surface area contributed by atoms with E-state index in [0.717, 1.165) is 41.9 Å². The van der Waals surface area contributed by atoms with Crippen LogP contribution in [0.2, 0.25) is 0 Å². The molecular weight excluding hydrogens is 328 g/mol. The lowest BCUT2D eigenvalue weighted by Gasteiger charge is -2.33. The molecule has 0 fully saturated rings. The zero-order valence-corrected chi connectivity index (χ0v) is 16.2. The van der Waals surface area contributed by atoms with Gasteiger partial charge in [0.25, 0.3) is 0 Å². The number of ether oxygens (including phenoxy) is 2. The molecule has 138 valence electrons. The molecule has 3 aliphatic heterocycles. The highest BCUT2D eigenvalue weighted by Gasteiger charge is 2.42. The first-order valence-electron chi connectivity index (χ1n) is 9.33. The molecule has 3 aliphatic rings. The fraction of sp³-hybridized carbons (Fsp3) is 0.600. The SMILES string of the molecule is Cc1nc2c(c3c1COC(C)(C)C3)C1=NC=NC(=NCCC(C)C)C1O2. The van der Waals surface area contributed by atoms with Crippen molar-refractivity contribution in [1.82, 2.24) is 4.98 Å². The fourth-order valence-electron chi connectivity index (χ4n) is 3.64. The van der Waals surface area contributed by atoms with Gasteiger partial charge in [-0.25, -0.2) is 15.0 Å². The smallest absolute Gasteiger partial charge is 0.224 e. The van der Waals surface area contributed by atoms with Crippen molar-refractivity contribution in [2.45, 2.75) is 65.8 Å². The Labute approximate surface area is 154 Å². The summed E-state index contributed by atoms with van der Waals surface area (Å²) in [5, 5.41) is 0. The van der Waals surface area contributed by atoms with E-state index < -0.39 is 0 Å². The first-order chi connectivity index (χ1) is 12.4. The Morgan fingerprint density at radius 1 is 1.31 bits per heavy atom. The standard InChI is InChI=1S/C20H26N4O2/c1-11(2)6-7-21-18-17-16(22-10-23-18)15-13-8-20(4,5)25-9-14(13)12(3)24-19(15)26-17/h10-11,17H,6-9H2,1-5H3. The number of hydrogen-bond acceptors (Lipinski definition) is 5. The summed E-state index contributed by atoms with van der Waals surface area (Å²) in [6.07, 6.45) is 3.10. The highest BCUT2D eigenvalue weighted by Crippen LogP contribution is 2.39. The highest BCUT2D eigenvalue weighted by atomic mass is 16.5. The molecule has 1 unspecified atom stereocenters. The molecule has 4 rings (SSSR count). The molecule has 0 radical (unpaired) electrons. The number of fused-ring (bicyclic) bond motifs is 5. The normalized spacial score (nSPS) is 24.2. The predicted octanol–water partition coefficient (Wildman–Crippen LogP) is 3.28. The second-order valence-corrected chi connectivity index (χ2v) is 8.24. The molecule has 0 saturated carbocycles. The number of aliphatic imine (C=N–C) groups is 3. The number of aryl methyl sites for hydroxylation is 1. The zero-order valence-electron chi connectivity index (χ0n) is 16.2. The van der Waals surface area contributed by atoms with Crippen LogP contribution in [0.3, 0.4) is 0 Å². The van der Waals surface area contributed by atoms with E-state index in [-0.39, 0.29) is 11.7 Å². The Morgan fingerprint density at radius 3 is 2.88 bits per heavy atom. The van der Waals surface area contributed by atoms with Gasteiger partial charge in [-0.15, -0.1) is 0 Å². The van der Waals surface area contributed by atoms with Gasteiger partial charge in [-0.05, 0) is 38.7 Å². The number of aromatic nitrogens is 1. The van der Waals surface area contributed by atoms with Crippen molar-refractivity contribution in [2.75, 3.05) is 6.54 Å². The maximum atomic E-state index is 6.17. The van der Waals surface area contributed by atoms with Crippen LogP contribution in [-0.4, -0.2) is 41.1 Å². The Balaban J connectivity index is 1.73. The van der Waals surface area contributed by atoms with E-state index in [1.54, 1.807) is 6.34 Å². The summed E-state index contributed by atoms with van der Waals surface area (Å²) in [5.74, 6) is 1.97. The topological polar surface area (TPSA) is 68.4 Å². The molecular formula is C20H26N4O2. The summed E-state index contributed by atoms with van der Waals surface area (Å²) in [4.78, 5) is 18.3. The minimum absolute atomic E-state index is 0.204. The van der Waals surface area contributed by atoms with Crippen LogP contribution in [0.1, 0.15) is 56.5 Å². The van der Waals surface area contributed by atoms with Gasteiger partial charge in [0, 0.05) is 24.2 Å². The van der Waals surface area contributed by atoms with E-state index >= 15 is 0 Å². The maximum absolute atomic E-state index is 6.17. The average molecular weight is 354 g/mol. The molecule has 0 amide bonds.